The zero-order chi connectivity index (χ0) is 16.4. The van der Waals surface area contributed by atoms with Gasteiger partial charge >= 0.3 is 29.6 Å². The van der Waals surface area contributed by atoms with Gasteiger partial charge in [-0.1, -0.05) is 0 Å². The number of rotatable bonds is 5. The zero-order valence-corrected chi connectivity index (χ0v) is 15.7. The Morgan fingerprint density at radius 2 is 1.80 bits per heavy atom. The molecule has 0 unspecified atom stereocenters. The quantitative estimate of drug-likeness (QED) is 0.245. The molecule has 12 N–H and O–H groups in total. The van der Waals surface area contributed by atoms with Gasteiger partial charge in [0.25, 0.3) is 0 Å². The van der Waals surface area contributed by atoms with E-state index in [0.29, 0.717) is 0 Å². The number of nitrogens with one attached hydrogen (secondary N) is 1. The molecule has 14 heteroatoms. The average molecular weight is 385 g/mol. The summed E-state index contributed by atoms with van der Waals surface area (Å²) in [7, 11) is 0. The Labute approximate surface area is 164 Å². The van der Waals surface area contributed by atoms with Crippen molar-refractivity contribution >= 4 is 11.9 Å². The first-order valence-electron chi connectivity index (χ1n) is 6.16. The van der Waals surface area contributed by atoms with Gasteiger partial charge in [-0.15, -0.1) is 0 Å². The second-order valence-electron chi connectivity index (χ2n) is 4.89. The number of carbonyl (C=O) groups is 2. The number of carboxylic acid groups (broad SMARTS) is 1. The summed E-state index contributed by atoms with van der Waals surface area (Å²) in [4.78, 5) is 22.0. The molecule has 0 saturated carbocycles. The Morgan fingerprint density at radius 1 is 1.32 bits per heavy atom. The monoisotopic (exact) mass is 385 g/mol. The Bertz CT molecular complexity index is 413. The summed E-state index contributed by atoms with van der Waals surface area (Å²) in [5, 5.41) is 60.8. The topological polar surface area (TPSA) is 274 Å². The Morgan fingerprint density at radius 3 is 2.16 bits per heavy atom. The fourth-order valence-electron chi connectivity index (χ4n) is 2.13. The van der Waals surface area contributed by atoms with E-state index in [1.807, 2.05) is 0 Å². The van der Waals surface area contributed by atoms with Gasteiger partial charge in [0.15, 0.2) is 0 Å². The minimum atomic E-state index is -2.89. The van der Waals surface area contributed by atoms with E-state index in [-0.39, 0.29) is 46.0 Å². The summed E-state index contributed by atoms with van der Waals surface area (Å²) in [6.07, 6.45) is -7.67. The molecule has 1 aliphatic rings. The number of hydrogen-bond donors (Lipinski definition) is 6. The number of aliphatic hydroxyl groups is 5. The maximum Gasteiger partial charge on any atom is 1.00 e. The van der Waals surface area contributed by atoms with Crippen LogP contribution >= 0.6 is 0 Å². The van der Waals surface area contributed by atoms with E-state index in [1.54, 1.807) is 0 Å². The van der Waals surface area contributed by atoms with Crippen molar-refractivity contribution in [3.8, 4) is 0 Å². The molecule has 0 spiro atoms. The van der Waals surface area contributed by atoms with E-state index in [1.165, 1.54) is 0 Å². The van der Waals surface area contributed by atoms with Crippen LogP contribution in [0.1, 0.15) is 13.3 Å². The van der Waals surface area contributed by atoms with Crippen molar-refractivity contribution in [2.75, 3.05) is 6.61 Å². The van der Waals surface area contributed by atoms with Crippen LogP contribution in [0.2, 0.25) is 0 Å². The van der Waals surface area contributed by atoms with Gasteiger partial charge in [0, 0.05) is 13.3 Å². The number of hydrogen-bond acceptors (Lipinski definition) is 9. The maximum atomic E-state index is 11.1. The summed E-state index contributed by atoms with van der Waals surface area (Å²) >= 11 is 0. The molecular formula is C11H24NNaO12. The van der Waals surface area contributed by atoms with Crippen molar-refractivity contribution in [1.82, 2.24) is 5.32 Å². The molecule has 0 bridgehead atoms. The van der Waals surface area contributed by atoms with E-state index in [2.05, 4.69) is 5.32 Å². The molecule has 0 aliphatic carbocycles. The fourth-order valence-corrected chi connectivity index (χ4v) is 2.13. The Balaban J connectivity index is -0.000000551. The van der Waals surface area contributed by atoms with Gasteiger partial charge < -0.3 is 61.9 Å². The molecular weight excluding hydrogens is 361 g/mol. The number of aliphatic hydroxyl groups excluding tert-OH is 4. The van der Waals surface area contributed by atoms with Gasteiger partial charge in [0.2, 0.25) is 11.7 Å². The minimum Gasteiger partial charge on any atom is -0.544 e. The van der Waals surface area contributed by atoms with Crippen LogP contribution in [0.5, 0.6) is 0 Å². The smallest absolute Gasteiger partial charge is 0.544 e. The minimum absolute atomic E-state index is 0. The van der Waals surface area contributed by atoms with Crippen molar-refractivity contribution in [2.45, 2.75) is 49.6 Å². The number of carbonyl (C=O) groups excluding carboxylic acids is 2. The van der Waals surface area contributed by atoms with E-state index >= 15 is 0 Å². The van der Waals surface area contributed by atoms with Crippen molar-refractivity contribution in [3.63, 3.8) is 0 Å². The van der Waals surface area contributed by atoms with Crippen LogP contribution in [0.15, 0.2) is 0 Å². The molecule has 6 atom stereocenters. The Hall–Kier alpha value is -0.420. The molecule has 0 aromatic carbocycles. The van der Waals surface area contributed by atoms with Crippen LogP contribution in [0, 0.1) is 0 Å². The third-order valence-corrected chi connectivity index (χ3v) is 3.19. The van der Waals surface area contributed by atoms with Crippen LogP contribution < -0.4 is 40.0 Å². The second-order valence-corrected chi connectivity index (χ2v) is 4.89. The van der Waals surface area contributed by atoms with Gasteiger partial charge in [0.05, 0.1) is 18.8 Å². The molecule has 1 heterocycles. The van der Waals surface area contributed by atoms with E-state index in [9.17, 15) is 35.1 Å². The number of aliphatic carboxylic acids is 1. The van der Waals surface area contributed by atoms with Gasteiger partial charge in [-0.2, -0.15) is 0 Å². The maximum absolute atomic E-state index is 11.1. The summed E-state index contributed by atoms with van der Waals surface area (Å²) in [5.74, 6) is -5.55. The molecule has 13 nitrogen and oxygen atoms in total. The molecule has 1 aliphatic heterocycles. The van der Waals surface area contributed by atoms with Crippen molar-refractivity contribution < 1.29 is 91.0 Å². The van der Waals surface area contributed by atoms with Crippen LogP contribution in [0.25, 0.3) is 0 Å². The third-order valence-electron chi connectivity index (χ3n) is 3.19. The average Bonchev–Trinajstić information content (AvgIpc) is 2.39. The van der Waals surface area contributed by atoms with Crippen LogP contribution in [0.4, 0.5) is 0 Å². The number of carboxylic acids is 1. The second kappa shape index (κ2) is 12.9. The molecule has 1 amide bonds. The molecule has 146 valence electrons. The number of ether oxygens (including phenoxy) is 1. The molecule has 1 fully saturated rings. The fraction of sp³-hybridized carbons (Fsp3) is 0.818. The first-order valence-corrected chi connectivity index (χ1v) is 6.16. The predicted octanol–water partition coefficient (Wildman–Crippen LogP) is -10.7. The summed E-state index contributed by atoms with van der Waals surface area (Å²) in [6.45, 7) is 0.228. The largest absolute Gasteiger partial charge is 1.00 e. The van der Waals surface area contributed by atoms with Gasteiger partial charge in [0.1, 0.15) is 24.3 Å². The van der Waals surface area contributed by atoms with Crippen LogP contribution in [0.3, 0.4) is 0 Å². The zero-order valence-electron chi connectivity index (χ0n) is 13.7. The van der Waals surface area contributed by atoms with Gasteiger partial charge in [-0.25, -0.2) is 0 Å². The van der Waals surface area contributed by atoms with Crippen molar-refractivity contribution in [1.29, 1.82) is 0 Å². The molecule has 25 heavy (non-hydrogen) atoms. The normalized spacial score (nSPS) is 30.1. The molecule has 1 rings (SSSR count). The van der Waals surface area contributed by atoms with Gasteiger partial charge in [-0.3, -0.25) is 4.79 Å². The summed E-state index contributed by atoms with van der Waals surface area (Å²) in [5.41, 5.74) is 0. The van der Waals surface area contributed by atoms with E-state index < -0.39 is 61.1 Å². The van der Waals surface area contributed by atoms with Crippen molar-refractivity contribution in [3.05, 3.63) is 0 Å². The first kappa shape index (κ1) is 32.3. The standard InChI is InChI=1S/C11H19NO9.Na.3H2O/c1-4(14)12-7-5(15)2-11(20,10(18)19)21-9(7)8(17)6(16)3-13;;;;/h5-9,13,15-17,20H,2-3H2,1H3,(H,12,14)(H,18,19);;3*1H2/q;+1;;;/p-1/t5-,6+,7+,8+,9+,11-;;;;/m0..../s1. The van der Waals surface area contributed by atoms with Crippen molar-refractivity contribution in [2.24, 2.45) is 0 Å². The SMILES string of the molecule is CC(=O)N[C@H]1[C@H]([C@H](O)[C@H](O)CO)O[C@](O)(C(=O)[O-])C[C@@H]1O.O.O.O.[Na+]. The molecule has 1 saturated heterocycles. The molecule has 0 aromatic rings. The van der Waals surface area contributed by atoms with Crippen LogP contribution in [-0.4, -0.2) is 96.7 Å². The first-order chi connectivity index (χ1) is 9.62. The van der Waals surface area contributed by atoms with Crippen LogP contribution in [-0.2, 0) is 14.3 Å². The summed E-state index contributed by atoms with van der Waals surface area (Å²) in [6, 6.07) is -1.29. The van der Waals surface area contributed by atoms with Gasteiger partial charge in [-0.05, 0) is 0 Å². The number of amides is 1. The third kappa shape index (κ3) is 7.78. The van der Waals surface area contributed by atoms with E-state index in [0.717, 1.165) is 6.92 Å². The van der Waals surface area contributed by atoms with E-state index in [4.69, 9.17) is 9.84 Å². The molecule has 0 aromatic heterocycles. The summed E-state index contributed by atoms with van der Waals surface area (Å²) < 4.78 is 4.80. The molecule has 0 radical (unpaired) electrons. The predicted molar refractivity (Wildman–Crippen MR) is 73.0 cm³/mol. The Kier molecular flexibility index (Phi) is 16.6.